The summed E-state index contributed by atoms with van der Waals surface area (Å²) in [5.41, 5.74) is 2.13. The van der Waals surface area contributed by atoms with E-state index in [1.807, 2.05) is 31.2 Å². The molecule has 3 heterocycles. The number of esters is 1. The average molecular weight is 403 g/mol. The number of nitrogens with one attached hydrogen (secondary N) is 1. The highest BCUT2D eigenvalue weighted by Crippen LogP contribution is 2.31. The summed E-state index contributed by atoms with van der Waals surface area (Å²) < 4.78 is 10.9. The average Bonchev–Trinajstić information content (AvgIpc) is 3.08. The Balaban J connectivity index is 1.41. The van der Waals surface area contributed by atoms with Crippen molar-refractivity contribution in [1.29, 1.82) is 0 Å². The SMILES string of the molecule is COC(=O)c1cc(C)nc(N[C@@H]2C[C@H]3CO[C@@H](c4ccc(Cl)cc4)CN3C2)n1. The molecule has 0 amide bonds. The summed E-state index contributed by atoms with van der Waals surface area (Å²) in [5, 5.41) is 4.10. The van der Waals surface area contributed by atoms with Gasteiger partial charge in [-0.3, -0.25) is 4.90 Å². The van der Waals surface area contributed by atoms with Crippen molar-refractivity contribution in [2.24, 2.45) is 0 Å². The number of rotatable bonds is 4. The highest BCUT2D eigenvalue weighted by molar-refractivity contribution is 6.30. The van der Waals surface area contributed by atoms with Gasteiger partial charge in [-0.15, -0.1) is 0 Å². The maximum absolute atomic E-state index is 11.8. The monoisotopic (exact) mass is 402 g/mol. The zero-order valence-corrected chi connectivity index (χ0v) is 16.6. The molecule has 0 spiro atoms. The van der Waals surface area contributed by atoms with Crippen molar-refractivity contribution in [2.75, 3.05) is 32.1 Å². The third-order valence-electron chi connectivity index (χ3n) is 5.24. The van der Waals surface area contributed by atoms with E-state index in [2.05, 4.69) is 20.2 Å². The van der Waals surface area contributed by atoms with Crippen LogP contribution in [-0.4, -0.2) is 59.7 Å². The fourth-order valence-electron chi connectivity index (χ4n) is 3.88. The molecule has 2 fully saturated rings. The van der Waals surface area contributed by atoms with E-state index < -0.39 is 5.97 Å². The van der Waals surface area contributed by atoms with E-state index >= 15 is 0 Å². The molecule has 0 bridgehead atoms. The number of hydrogen-bond donors (Lipinski definition) is 1. The van der Waals surface area contributed by atoms with E-state index in [4.69, 9.17) is 21.1 Å². The largest absolute Gasteiger partial charge is 0.464 e. The molecule has 0 unspecified atom stereocenters. The summed E-state index contributed by atoms with van der Waals surface area (Å²) >= 11 is 5.99. The number of aromatic nitrogens is 2. The maximum Gasteiger partial charge on any atom is 0.356 e. The number of carbonyl (C=O) groups excluding carboxylic acids is 1. The molecule has 2 aliphatic heterocycles. The number of hydrogen-bond acceptors (Lipinski definition) is 7. The lowest BCUT2D eigenvalue weighted by Crippen LogP contribution is -2.42. The predicted molar refractivity (Wildman–Crippen MR) is 106 cm³/mol. The van der Waals surface area contributed by atoms with Gasteiger partial charge in [0.15, 0.2) is 5.69 Å². The molecule has 2 saturated heterocycles. The van der Waals surface area contributed by atoms with E-state index in [0.29, 0.717) is 18.6 Å². The van der Waals surface area contributed by atoms with Crippen molar-refractivity contribution in [3.8, 4) is 0 Å². The number of morpholine rings is 1. The Labute approximate surface area is 169 Å². The second-order valence-electron chi connectivity index (χ2n) is 7.27. The lowest BCUT2D eigenvalue weighted by Gasteiger charge is -2.35. The first kappa shape index (κ1) is 19.1. The summed E-state index contributed by atoms with van der Waals surface area (Å²) in [6, 6.07) is 10.0. The second kappa shape index (κ2) is 8.03. The van der Waals surface area contributed by atoms with Crippen LogP contribution in [-0.2, 0) is 9.47 Å². The van der Waals surface area contributed by atoms with Crippen LogP contribution in [0.15, 0.2) is 30.3 Å². The van der Waals surface area contributed by atoms with Gasteiger partial charge in [-0.1, -0.05) is 23.7 Å². The molecule has 28 heavy (non-hydrogen) atoms. The molecule has 4 rings (SSSR count). The Morgan fingerprint density at radius 2 is 2.07 bits per heavy atom. The minimum atomic E-state index is -0.461. The van der Waals surface area contributed by atoms with Crippen LogP contribution < -0.4 is 5.32 Å². The van der Waals surface area contributed by atoms with Gasteiger partial charge in [-0.05, 0) is 37.1 Å². The number of halogens is 1. The first-order chi connectivity index (χ1) is 13.5. The molecule has 7 nitrogen and oxygen atoms in total. The first-order valence-corrected chi connectivity index (χ1v) is 9.71. The molecule has 0 saturated carbocycles. The molecule has 3 atom stereocenters. The van der Waals surface area contributed by atoms with Gasteiger partial charge in [0.25, 0.3) is 0 Å². The highest BCUT2D eigenvalue weighted by Gasteiger charge is 2.38. The molecule has 1 N–H and O–H groups in total. The van der Waals surface area contributed by atoms with Crippen LogP contribution in [0, 0.1) is 6.92 Å². The molecule has 1 aromatic heterocycles. The molecule has 8 heteroatoms. The highest BCUT2D eigenvalue weighted by atomic mass is 35.5. The number of ether oxygens (including phenoxy) is 2. The number of nitrogens with zero attached hydrogens (tertiary/aromatic N) is 3. The third kappa shape index (κ3) is 4.11. The van der Waals surface area contributed by atoms with Gasteiger partial charge < -0.3 is 14.8 Å². The van der Waals surface area contributed by atoms with Crippen molar-refractivity contribution in [1.82, 2.24) is 14.9 Å². The standard InChI is InChI=1S/C20H23ClN4O3/c1-12-7-17(19(26)27-2)24-20(22-12)23-15-8-16-11-28-18(10-25(16)9-15)13-3-5-14(21)6-4-13/h3-7,15-16,18H,8-11H2,1-2H3,(H,22,23,24)/t15-,16+,18-/m1/s1. The van der Waals surface area contributed by atoms with Gasteiger partial charge >= 0.3 is 5.97 Å². The number of aryl methyl sites for hydroxylation is 1. The Kier molecular flexibility index (Phi) is 5.48. The van der Waals surface area contributed by atoms with Crippen LogP contribution in [0.3, 0.4) is 0 Å². The third-order valence-corrected chi connectivity index (χ3v) is 5.49. The van der Waals surface area contributed by atoms with Gasteiger partial charge in [0.2, 0.25) is 5.95 Å². The fraction of sp³-hybridized carbons (Fsp3) is 0.450. The Morgan fingerprint density at radius 3 is 2.82 bits per heavy atom. The topological polar surface area (TPSA) is 76.6 Å². The second-order valence-corrected chi connectivity index (χ2v) is 7.70. The summed E-state index contributed by atoms with van der Waals surface area (Å²) in [6.07, 6.45) is 0.992. The Hall–Kier alpha value is -2.22. The number of fused-ring (bicyclic) bond motifs is 1. The summed E-state index contributed by atoms with van der Waals surface area (Å²) in [7, 11) is 1.35. The van der Waals surface area contributed by atoms with E-state index in [1.54, 1.807) is 6.07 Å². The molecule has 1 aromatic carbocycles. The zero-order chi connectivity index (χ0) is 19.7. The minimum absolute atomic E-state index is 0.0495. The van der Waals surface area contributed by atoms with Crippen molar-refractivity contribution >= 4 is 23.5 Å². The zero-order valence-electron chi connectivity index (χ0n) is 15.9. The molecular weight excluding hydrogens is 380 g/mol. The van der Waals surface area contributed by atoms with E-state index in [0.717, 1.165) is 35.8 Å². The number of benzene rings is 1. The molecule has 2 aliphatic rings. The lowest BCUT2D eigenvalue weighted by molar-refractivity contribution is -0.0501. The van der Waals surface area contributed by atoms with E-state index in [9.17, 15) is 4.79 Å². The molecule has 0 aliphatic carbocycles. The van der Waals surface area contributed by atoms with Gasteiger partial charge in [0.05, 0.1) is 19.8 Å². The van der Waals surface area contributed by atoms with Crippen molar-refractivity contribution in [3.63, 3.8) is 0 Å². The normalized spacial score (nSPS) is 24.6. The van der Waals surface area contributed by atoms with Crippen LogP contribution in [0.2, 0.25) is 5.02 Å². The quantitative estimate of drug-likeness (QED) is 0.788. The first-order valence-electron chi connectivity index (χ1n) is 9.33. The van der Waals surface area contributed by atoms with E-state index in [-0.39, 0.29) is 17.8 Å². The fourth-order valence-corrected chi connectivity index (χ4v) is 4.01. The molecule has 148 valence electrons. The smallest absolute Gasteiger partial charge is 0.356 e. The van der Waals surface area contributed by atoms with Crippen LogP contribution in [0.5, 0.6) is 0 Å². The Bertz CT molecular complexity index is 861. The maximum atomic E-state index is 11.8. The predicted octanol–water partition coefficient (Wildman–Crippen LogP) is 2.85. The van der Waals surface area contributed by atoms with Gasteiger partial charge in [-0.2, -0.15) is 0 Å². The molecule has 2 aromatic rings. The number of anilines is 1. The number of carbonyl (C=O) groups is 1. The van der Waals surface area contributed by atoms with Crippen LogP contribution in [0.1, 0.15) is 34.3 Å². The van der Waals surface area contributed by atoms with Gasteiger partial charge in [0.1, 0.15) is 0 Å². The summed E-state index contributed by atoms with van der Waals surface area (Å²) in [4.78, 5) is 22.9. The Morgan fingerprint density at radius 1 is 1.29 bits per heavy atom. The van der Waals surface area contributed by atoms with Gasteiger partial charge in [-0.25, -0.2) is 14.8 Å². The number of methoxy groups -OCH3 is 1. The summed E-state index contributed by atoms with van der Waals surface area (Å²) in [5.74, 6) is -0.00276. The van der Waals surface area contributed by atoms with Crippen LogP contribution in [0.4, 0.5) is 5.95 Å². The molecular formula is C20H23ClN4O3. The van der Waals surface area contributed by atoms with Crippen molar-refractivity contribution < 1.29 is 14.3 Å². The van der Waals surface area contributed by atoms with Crippen LogP contribution in [0.25, 0.3) is 0 Å². The van der Waals surface area contributed by atoms with Crippen LogP contribution >= 0.6 is 11.6 Å². The van der Waals surface area contributed by atoms with Crippen molar-refractivity contribution in [2.45, 2.75) is 31.5 Å². The van der Waals surface area contributed by atoms with E-state index in [1.165, 1.54) is 7.11 Å². The summed E-state index contributed by atoms with van der Waals surface area (Å²) in [6.45, 7) is 4.24. The lowest BCUT2D eigenvalue weighted by atomic mass is 10.1. The molecule has 0 radical (unpaired) electrons. The van der Waals surface area contributed by atoms with Gasteiger partial charge in [0, 0.05) is 35.9 Å². The van der Waals surface area contributed by atoms with Crippen molar-refractivity contribution in [3.05, 3.63) is 52.3 Å². The minimum Gasteiger partial charge on any atom is -0.464 e.